The number of rotatable bonds is 10. The summed E-state index contributed by atoms with van der Waals surface area (Å²) >= 11 is 1.35. The molecule has 0 radical (unpaired) electrons. The smallest absolute Gasteiger partial charge is 0.269 e. The first kappa shape index (κ1) is 22.8. The molecule has 1 heterocycles. The maximum Gasteiger partial charge on any atom is 0.269 e. The fourth-order valence-corrected chi connectivity index (χ4v) is 4.16. The average Bonchev–Trinajstić information content (AvgIpc) is 3.11. The third kappa shape index (κ3) is 5.62. The number of hydrogen-bond acceptors (Lipinski definition) is 6. The van der Waals surface area contributed by atoms with Gasteiger partial charge in [0.2, 0.25) is 11.9 Å². The van der Waals surface area contributed by atoms with Gasteiger partial charge in [-0.3, -0.25) is 20.2 Å². The number of non-ortho nitro benzene ring substituents is 1. The minimum atomic E-state index is -0.437. The van der Waals surface area contributed by atoms with E-state index in [1.807, 2.05) is 31.2 Å². The summed E-state index contributed by atoms with van der Waals surface area (Å²) in [5, 5.41) is 13.4. The van der Waals surface area contributed by atoms with Crippen LogP contribution in [0.25, 0.3) is 11.0 Å². The topological polar surface area (TPSA) is 93.3 Å². The van der Waals surface area contributed by atoms with E-state index >= 15 is 0 Å². The van der Waals surface area contributed by atoms with E-state index < -0.39 is 10.2 Å². The number of aromatic nitrogens is 2. The summed E-state index contributed by atoms with van der Waals surface area (Å²) in [6.45, 7) is 9.60. The molecule has 0 saturated carbocycles. The van der Waals surface area contributed by atoms with Crippen LogP contribution in [0, 0.1) is 10.1 Å². The standard InChI is InChI=1S/C22H27N5O3S/c1-4-25(5-2)14-15-26-20-9-7-6-8-19(20)23-22(26)24-21(28)16(3)31-18-12-10-17(11-13-18)27(29)30/h6-13,16H,4-5,14-15H2,1-3H3,(H,23,24,28). The predicted molar refractivity (Wildman–Crippen MR) is 125 cm³/mol. The van der Waals surface area contributed by atoms with Gasteiger partial charge in [-0.25, -0.2) is 4.98 Å². The number of anilines is 1. The Hall–Kier alpha value is -2.91. The molecule has 8 nitrogen and oxygen atoms in total. The molecule has 0 bridgehead atoms. The Kier molecular flexibility index (Phi) is 7.64. The summed E-state index contributed by atoms with van der Waals surface area (Å²) in [5.41, 5.74) is 1.86. The monoisotopic (exact) mass is 441 g/mol. The number of para-hydroxylation sites is 2. The summed E-state index contributed by atoms with van der Waals surface area (Å²) in [5.74, 6) is 0.372. The highest BCUT2D eigenvalue weighted by Gasteiger charge is 2.19. The van der Waals surface area contributed by atoms with Crippen molar-refractivity contribution < 1.29 is 9.72 Å². The van der Waals surface area contributed by atoms with Crippen LogP contribution < -0.4 is 5.32 Å². The maximum atomic E-state index is 12.9. The Morgan fingerprint density at radius 3 is 2.52 bits per heavy atom. The third-order valence-electron chi connectivity index (χ3n) is 5.15. The van der Waals surface area contributed by atoms with E-state index in [0.29, 0.717) is 5.95 Å². The van der Waals surface area contributed by atoms with Gasteiger partial charge in [-0.1, -0.05) is 26.0 Å². The molecular formula is C22H27N5O3S. The van der Waals surface area contributed by atoms with Crippen molar-refractivity contribution in [3.05, 3.63) is 58.6 Å². The fraction of sp³-hybridized carbons (Fsp3) is 0.364. The predicted octanol–water partition coefficient (Wildman–Crippen LogP) is 4.41. The number of carbonyl (C=O) groups is 1. The van der Waals surface area contributed by atoms with Crippen LogP contribution in [0.1, 0.15) is 20.8 Å². The molecule has 1 N–H and O–H groups in total. The van der Waals surface area contributed by atoms with Crippen LogP contribution in [0.4, 0.5) is 11.6 Å². The average molecular weight is 442 g/mol. The maximum absolute atomic E-state index is 12.9. The molecule has 1 amide bonds. The van der Waals surface area contributed by atoms with Crippen LogP contribution in [0.3, 0.4) is 0 Å². The Bertz CT molecular complexity index is 1050. The van der Waals surface area contributed by atoms with Crippen molar-refractivity contribution in [2.45, 2.75) is 37.5 Å². The summed E-state index contributed by atoms with van der Waals surface area (Å²) in [7, 11) is 0. The highest BCUT2D eigenvalue weighted by atomic mass is 32.2. The number of nitrogens with zero attached hydrogens (tertiary/aromatic N) is 4. The van der Waals surface area contributed by atoms with E-state index in [4.69, 9.17) is 0 Å². The second-order valence-corrected chi connectivity index (χ2v) is 8.52. The van der Waals surface area contributed by atoms with Crippen molar-refractivity contribution >= 4 is 40.3 Å². The van der Waals surface area contributed by atoms with Crippen molar-refractivity contribution in [3.8, 4) is 0 Å². The van der Waals surface area contributed by atoms with Crippen molar-refractivity contribution in [2.24, 2.45) is 0 Å². The van der Waals surface area contributed by atoms with E-state index in [0.717, 1.165) is 42.1 Å². The minimum Gasteiger partial charge on any atom is -0.309 e. The van der Waals surface area contributed by atoms with Crippen LogP contribution in [0.15, 0.2) is 53.4 Å². The van der Waals surface area contributed by atoms with Gasteiger partial charge in [0.05, 0.1) is 21.2 Å². The van der Waals surface area contributed by atoms with E-state index in [-0.39, 0.29) is 11.6 Å². The zero-order chi connectivity index (χ0) is 22.4. The van der Waals surface area contributed by atoms with Gasteiger partial charge in [-0.05, 0) is 44.3 Å². The summed E-state index contributed by atoms with van der Waals surface area (Å²) in [4.78, 5) is 31.0. The van der Waals surface area contributed by atoms with Gasteiger partial charge < -0.3 is 9.47 Å². The molecule has 0 spiro atoms. The second kappa shape index (κ2) is 10.4. The Balaban J connectivity index is 1.74. The number of nitrogens with one attached hydrogen (secondary N) is 1. The third-order valence-corrected chi connectivity index (χ3v) is 6.27. The molecule has 31 heavy (non-hydrogen) atoms. The van der Waals surface area contributed by atoms with E-state index in [9.17, 15) is 14.9 Å². The van der Waals surface area contributed by atoms with Crippen LogP contribution in [-0.4, -0.2) is 50.2 Å². The lowest BCUT2D eigenvalue weighted by molar-refractivity contribution is -0.384. The van der Waals surface area contributed by atoms with Gasteiger partial charge in [0.15, 0.2) is 0 Å². The van der Waals surface area contributed by atoms with E-state index in [1.54, 1.807) is 12.1 Å². The summed E-state index contributed by atoms with van der Waals surface area (Å²) in [6.07, 6.45) is 0. The zero-order valence-electron chi connectivity index (χ0n) is 17.9. The first-order chi connectivity index (χ1) is 14.9. The molecular weight excluding hydrogens is 414 g/mol. The zero-order valence-corrected chi connectivity index (χ0v) is 18.8. The minimum absolute atomic E-state index is 0.0309. The van der Waals surface area contributed by atoms with Crippen molar-refractivity contribution in [2.75, 3.05) is 25.0 Å². The number of likely N-dealkylation sites (N-methyl/N-ethyl adjacent to an activating group) is 1. The molecule has 1 atom stereocenters. The van der Waals surface area contributed by atoms with Crippen LogP contribution in [0.5, 0.6) is 0 Å². The van der Waals surface area contributed by atoms with E-state index in [1.165, 1.54) is 23.9 Å². The van der Waals surface area contributed by atoms with Gasteiger partial charge in [0.25, 0.3) is 5.69 Å². The number of benzene rings is 2. The van der Waals surface area contributed by atoms with Crippen LogP contribution in [-0.2, 0) is 11.3 Å². The lowest BCUT2D eigenvalue weighted by atomic mass is 10.3. The van der Waals surface area contributed by atoms with Crippen LogP contribution >= 0.6 is 11.8 Å². The molecule has 1 unspecified atom stereocenters. The molecule has 164 valence electrons. The Morgan fingerprint density at radius 1 is 1.19 bits per heavy atom. The molecule has 0 fully saturated rings. The number of imidazole rings is 1. The van der Waals surface area contributed by atoms with Gasteiger partial charge in [-0.15, -0.1) is 11.8 Å². The number of fused-ring (bicyclic) bond motifs is 1. The van der Waals surface area contributed by atoms with Crippen molar-refractivity contribution in [1.82, 2.24) is 14.5 Å². The molecule has 0 aliphatic carbocycles. The summed E-state index contributed by atoms with van der Waals surface area (Å²) < 4.78 is 2.05. The summed E-state index contributed by atoms with van der Waals surface area (Å²) in [6, 6.07) is 14.1. The van der Waals surface area contributed by atoms with Crippen molar-refractivity contribution in [3.63, 3.8) is 0 Å². The molecule has 0 aliphatic rings. The van der Waals surface area contributed by atoms with Gasteiger partial charge in [0, 0.05) is 30.1 Å². The van der Waals surface area contributed by atoms with Crippen LogP contribution in [0.2, 0.25) is 0 Å². The molecule has 9 heteroatoms. The Labute approximate surface area is 185 Å². The molecule has 0 saturated heterocycles. The number of carbonyl (C=O) groups excluding carboxylic acids is 1. The second-order valence-electron chi connectivity index (χ2n) is 7.10. The normalized spacial score (nSPS) is 12.3. The molecule has 3 rings (SSSR count). The van der Waals surface area contributed by atoms with Gasteiger partial charge >= 0.3 is 0 Å². The first-order valence-corrected chi connectivity index (χ1v) is 11.2. The SMILES string of the molecule is CCN(CC)CCn1c(NC(=O)C(C)Sc2ccc([N+](=O)[O-])cc2)nc2ccccc21. The molecule has 3 aromatic rings. The van der Waals surface area contributed by atoms with Gasteiger partial charge in [-0.2, -0.15) is 0 Å². The first-order valence-electron chi connectivity index (χ1n) is 10.3. The lowest BCUT2D eigenvalue weighted by Gasteiger charge is -2.19. The van der Waals surface area contributed by atoms with Crippen molar-refractivity contribution in [1.29, 1.82) is 0 Å². The number of hydrogen-bond donors (Lipinski definition) is 1. The number of nitro benzene ring substituents is 1. The largest absolute Gasteiger partial charge is 0.309 e. The number of amides is 1. The fourth-order valence-electron chi connectivity index (χ4n) is 3.29. The molecule has 0 aliphatic heterocycles. The lowest BCUT2D eigenvalue weighted by Crippen LogP contribution is -2.29. The highest BCUT2D eigenvalue weighted by molar-refractivity contribution is 8.00. The van der Waals surface area contributed by atoms with Gasteiger partial charge in [0.1, 0.15) is 0 Å². The quantitative estimate of drug-likeness (QED) is 0.285. The number of nitro groups is 1. The highest BCUT2D eigenvalue weighted by Crippen LogP contribution is 2.27. The Morgan fingerprint density at radius 2 is 1.87 bits per heavy atom. The molecule has 2 aromatic carbocycles. The number of thioether (sulfide) groups is 1. The molecule has 1 aromatic heterocycles. The van der Waals surface area contributed by atoms with E-state index in [2.05, 4.69) is 33.6 Å².